The number of aromatic nitrogens is 3. The molecule has 0 atom stereocenters. The first-order valence-corrected chi connectivity index (χ1v) is 10.6. The number of allylic oxidation sites excluding steroid dienone is 1. The maximum atomic E-state index is 12.9. The maximum absolute atomic E-state index is 12.9. The minimum atomic E-state index is -4.71. The van der Waals surface area contributed by atoms with E-state index in [1.165, 1.54) is 18.2 Å². The van der Waals surface area contributed by atoms with Gasteiger partial charge in [-0.3, -0.25) is 4.68 Å². The quantitative estimate of drug-likeness (QED) is 0.381. The van der Waals surface area contributed by atoms with Gasteiger partial charge >= 0.3 is 12.4 Å². The zero-order valence-electron chi connectivity index (χ0n) is 15.7. The lowest BCUT2D eigenvalue weighted by molar-refractivity contribution is -0.143. The average Bonchev–Trinajstić information content (AvgIpc) is 3.31. The molecule has 0 radical (unpaired) electrons. The first kappa shape index (κ1) is 23.5. The molecule has 0 bridgehead atoms. The van der Waals surface area contributed by atoms with Gasteiger partial charge in [0.1, 0.15) is 17.5 Å². The number of halogens is 6. The van der Waals surface area contributed by atoms with Crippen molar-refractivity contribution in [2.24, 2.45) is 7.05 Å². The molecule has 0 aliphatic heterocycles. The van der Waals surface area contributed by atoms with Gasteiger partial charge in [-0.1, -0.05) is 0 Å². The molecule has 3 aromatic heterocycles. The molecule has 0 aliphatic rings. The van der Waals surface area contributed by atoms with Crippen molar-refractivity contribution < 1.29 is 34.8 Å². The van der Waals surface area contributed by atoms with E-state index in [9.17, 15) is 40.0 Å². The number of aryl methyl sites for hydroxylation is 1. The number of rotatable bonds is 4. The number of pyridine rings is 1. The summed E-state index contributed by atoms with van der Waals surface area (Å²) in [6.45, 7) is 0. The fourth-order valence-electron chi connectivity index (χ4n) is 2.54. The van der Waals surface area contributed by atoms with Crippen LogP contribution < -0.4 is 0 Å². The lowest BCUT2D eigenvalue weighted by Crippen LogP contribution is -2.11. The molecular weight excluding hydrogens is 482 g/mol. The molecule has 6 nitrogen and oxygen atoms in total. The normalized spacial score (nSPS) is 13.2. The van der Waals surface area contributed by atoms with E-state index in [2.05, 4.69) is 10.1 Å². The molecule has 0 N–H and O–H groups in total. The van der Waals surface area contributed by atoms with Crippen LogP contribution in [-0.2, 0) is 29.2 Å². The minimum absolute atomic E-state index is 0.00440. The van der Waals surface area contributed by atoms with E-state index in [4.69, 9.17) is 0 Å². The summed E-state index contributed by atoms with van der Waals surface area (Å²) in [6, 6.07) is 6.22. The highest BCUT2D eigenvalue weighted by atomic mass is 32.2. The van der Waals surface area contributed by atoms with Crippen molar-refractivity contribution in [1.82, 2.24) is 14.8 Å². The Bertz CT molecular complexity index is 1330. The number of sulfone groups is 1. The molecule has 0 saturated heterocycles. The lowest BCUT2D eigenvalue weighted by Gasteiger charge is -2.07. The zero-order valence-corrected chi connectivity index (χ0v) is 17.4. The average molecular weight is 492 g/mol. The van der Waals surface area contributed by atoms with E-state index >= 15 is 0 Å². The van der Waals surface area contributed by atoms with Crippen LogP contribution in [0.1, 0.15) is 16.1 Å². The Hall–Kier alpha value is -3.18. The molecule has 0 aromatic carbocycles. The summed E-state index contributed by atoms with van der Waals surface area (Å²) in [4.78, 5) is 2.99. The van der Waals surface area contributed by atoms with Crippen molar-refractivity contribution in [2.75, 3.05) is 0 Å². The van der Waals surface area contributed by atoms with Crippen LogP contribution in [0.25, 0.3) is 16.6 Å². The molecule has 168 valence electrons. The van der Waals surface area contributed by atoms with Crippen molar-refractivity contribution in [3.05, 3.63) is 57.6 Å². The SMILES string of the molecule is Cn1nc(-c2ccc(/C=C(/C#N)S(=O)(=O)c3ccc(C(F)(F)F)cn3)s2)cc1C(F)(F)F. The van der Waals surface area contributed by atoms with Crippen LogP contribution in [0.5, 0.6) is 0 Å². The molecule has 14 heteroatoms. The lowest BCUT2D eigenvalue weighted by atomic mass is 10.3. The van der Waals surface area contributed by atoms with Crippen LogP contribution in [0.3, 0.4) is 0 Å². The molecule has 0 saturated carbocycles. The second-order valence-corrected chi connectivity index (χ2v) is 9.23. The first-order valence-electron chi connectivity index (χ1n) is 8.35. The monoisotopic (exact) mass is 492 g/mol. The van der Waals surface area contributed by atoms with Crippen LogP contribution in [-0.4, -0.2) is 23.2 Å². The number of hydrogen-bond donors (Lipinski definition) is 0. The molecule has 0 aliphatic carbocycles. The highest BCUT2D eigenvalue weighted by Crippen LogP contribution is 2.35. The molecule has 0 unspecified atom stereocenters. The summed E-state index contributed by atoms with van der Waals surface area (Å²) in [7, 11) is -3.41. The predicted molar refractivity (Wildman–Crippen MR) is 102 cm³/mol. The van der Waals surface area contributed by atoms with E-state index < -0.39 is 43.4 Å². The van der Waals surface area contributed by atoms with E-state index in [-0.39, 0.29) is 15.4 Å². The van der Waals surface area contributed by atoms with Crippen LogP contribution in [0, 0.1) is 11.3 Å². The summed E-state index contributed by atoms with van der Waals surface area (Å²) >= 11 is 0.875. The van der Waals surface area contributed by atoms with Gasteiger partial charge in [-0.2, -0.15) is 36.7 Å². The largest absolute Gasteiger partial charge is 0.433 e. The smallest absolute Gasteiger partial charge is 0.263 e. The molecule has 0 amide bonds. The zero-order chi connectivity index (χ0) is 23.9. The Labute approximate surface area is 181 Å². The topological polar surface area (TPSA) is 88.6 Å². The molecular formula is C18H10F6N4O2S2. The van der Waals surface area contributed by atoms with E-state index in [1.807, 2.05) is 0 Å². The molecule has 32 heavy (non-hydrogen) atoms. The van der Waals surface area contributed by atoms with Crippen molar-refractivity contribution >= 4 is 27.3 Å². The van der Waals surface area contributed by atoms with E-state index in [1.54, 1.807) is 0 Å². The van der Waals surface area contributed by atoms with E-state index in [0.717, 1.165) is 30.5 Å². The van der Waals surface area contributed by atoms with Crippen molar-refractivity contribution in [2.45, 2.75) is 17.4 Å². The number of thiophene rings is 1. The Morgan fingerprint density at radius 1 is 1.12 bits per heavy atom. The number of nitrogens with zero attached hydrogens (tertiary/aromatic N) is 4. The van der Waals surface area contributed by atoms with Crippen LogP contribution >= 0.6 is 11.3 Å². The van der Waals surface area contributed by atoms with Crippen molar-refractivity contribution in [1.29, 1.82) is 5.26 Å². The van der Waals surface area contributed by atoms with Gasteiger partial charge in [0, 0.05) is 18.1 Å². The maximum Gasteiger partial charge on any atom is 0.433 e. The van der Waals surface area contributed by atoms with Gasteiger partial charge < -0.3 is 0 Å². The van der Waals surface area contributed by atoms with Gasteiger partial charge in [-0.15, -0.1) is 11.3 Å². The number of alkyl halides is 6. The summed E-state index contributed by atoms with van der Waals surface area (Å²) in [5.41, 5.74) is -2.14. The Morgan fingerprint density at radius 2 is 1.81 bits per heavy atom. The van der Waals surface area contributed by atoms with Crippen LogP contribution in [0.15, 0.2) is 46.5 Å². The van der Waals surface area contributed by atoms with Crippen LogP contribution in [0.2, 0.25) is 0 Å². The summed E-state index contributed by atoms with van der Waals surface area (Å²) in [5, 5.41) is 12.3. The third-order valence-corrected chi connectivity index (χ3v) is 6.70. The highest BCUT2D eigenvalue weighted by Gasteiger charge is 2.35. The second kappa shape index (κ2) is 8.06. The Kier molecular flexibility index (Phi) is 5.92. The standard InChI is InChI=1S/C18H10F6N4O2S2/c1-28-15(18(22,23)24)7-13(27-28)14-4-3-11(31-14)6-12(8-25)32(29,30)16-5-2-10(9-26-16)17(19,20)21/h2-7,9H,1H3/b12-6-. The second-order valence-electron chi connectivity index (χ2n) is 6.24. The van der Waals surface area contributed by atoms with Crippen LogP contribution in [0.4, 0.5) is 26.3 Å². The van der Waals surface area contributed by atoms with Crippen molar-refractivity contribution in [3.8, 4) is 16.6 Å². The summed E-state index contributed by atoms with van der Waals surface area (Å²) < 4.78 is 103. The molecule has 3 heterocycles. The van der Waals surface area contributed by atoms with Gasteiger partial charge in [0.2, 0.25) is 9.84 Å². The molecule has 0 spiro atoms. The fraction of sp³-hybridized carbons (Fsp3) is 0.167. The molecule has 3 aromatic rings. The Balaban J connectivity index is 1.94. The van der Waals surface area contributed by atoms with Gasteiger partial charge in [-0.25, -0.2) is 13.4 Å². The number of nitriles is 1. The summed E-state index contributed by atoms with van der Waals surface area (Å²) in [5.74, 6) is 0. The van der Waals surface area contributed by atoms with Gasteiger partial charge in [0.05, 0.1) is 10.4 Å². The fourth-order valence-corrected chi connectivity index (χ4v) is 4.59. The minimum Gasteiger partial charge on any atom is -0.263 e. The molecule has 0 fully saturated rings. The summed E-state index contributed by atoms with van der Waals surface area (Å²) in [6.07, 6.45) is -8.04. The van der Waals surface area contributed by atoms with E-state index in [0.29, 0.717) is 23.0 Å². The Morgan fingerprint density at radius 3 is 2.31 bits per heavy atom. The van der Waals surface area contributed by atoms with Gasteiger partial charge in [0.15, 0.2) is 9.93 Å². The molecule has 3 rings (SSSR count). The predicted octanol–water partition coefficient (Wildman–Crippen LogP) is 4.92. The third kappa shape index (κ3) is 4.68. The van der Waals surface area contributed by atoms with Crippen molar-refractivity contribution in [3.63, 3.8) is 0 Å². The van der Waals surface area contributed by atoms with Gasteiger partial charge in [0.25, 0.3) is 0 Å². The third-order valence-electron chi connectivity index (χ3n) is 4.06. The number of hydrogen-bond acceptors (Lipinski definition) is 6. The highest BCUT2D eigenvalue weighted by molar-refractivity contribution is 7.95. The van der Waals surface area contributed by atoms with Gasteiger partial charge in [-0.05, 0) is 36.4 Å². The first-order chi connectivity index (χ1) is 14.7.